The van der Waals surface area contributed by atoms with E-state index in [4.69, 9.17) is 19.4 Å². The molecule has 2 fully saturated rings. The lowest BCUT2D eigenvalue weighted by Crippen LogP contribution is -2.51. The molecule has 6 aliphatic rings. The van der Waals surface area contributed by atoms with Crippen molar-refractivity contribution < 1.29 is 46.2 Å². The number of aryl methyl sites for hydroxylation is 4. The minimum Gasteiger partial charge on any atom is -0.453 e. The van der Waals surface area contributed by atoms with Crippen molar-refractivity contribution in [3.8, 4) is 22.3 Å². The van der Waals surface area contributed by atoms with E-state index in [1.165, 1.54) is 24.0 Å². The Balaban J connectivity index is 0.970. The SMILES string of the molecule is COC(=O)N[C@H](C(=O)N1CC(=C(F)F)C[C@H]1c1nc2cc(-c3cc4ccc3CCc3ccc(c(-c5ccc6[nH]c([C@@H]7CC(=C(F)F)CN7C(=O)[C@@H](NC(=O)OC)C(C)C)nc6c5)c3)CC4)ccc2[nH]1)C(C)C. The maximum atomic E-state index is 14.1. The Bertz CT molecular complexity index is 2960. The zero-order chi connectivity index (χ0) is 51.1. The van der Waals surface area contributed by atoms with Gasteiger partial charge >= 0.3 is 12.2 Å². The van der Waals surface area contributed by atoms with E-state index in [9.17, 15) is 36.7 Å². The summed E-state index contributed by atoms with van der Waals surface area (Å²) in [6.07, 6.45) is -2.58. The van der Waals surface area contributed by atoms with Crippen LogP contribution in [0.3, 0.4) is 0 Å². The van der Waals surface area contributed by atoms with Gasteiger partial charge in [-0.25, -0.2) is 19.6 Å². The van der Waals surface area contributed by atoms with Gasteiger partial charge in [-0.1, -0.05) is 76.2 Å². The number of carbonyl (C=O) groups is 4. The van der Waals surface area contributed by atoms with Crippen LogP contribution in [0.25, 0.3) is 44.3 Å². The number of nitrogens with one attached hydrogen (secondary N) is 4. The van der Waals surface area contributed by atoms with E-state index in [2.05, 4.69) is 57.0 Å². The maximum absolute atomic E-state index is 14.1. The lowest BCUT2D eigenvalue weighted by molar-refractivity contribution is -0.136. The average molecular weight is 989 g/mol. The molecule has 0 saturated carbocycles. The molecular formula is C54H56F4N8O6. The number of carbonyl (C=O) groups excluding carboxylic acids is 4. The van der Waals surface area contributed by atoms with Gasteiger partial charge in [0.1, 0.15) is 23.7 Å². The van der Waals surface area contributed by atoms with Gasteiger partial charge in [0, 0.05) is 37.1 Å². The number of methoxy groups -OCH3 is 2. The quantitative estimate of drug-likeness (QED) is 0.0981. The van der Waals surface area contributed by atoms with E-state index < -0.39 is 60.3 Å². The third-order valence-corrected chi connectivity index (χ3v) is 14.2. The van der Waals surface area contributed by atoms with Gasteiger partial charge in [-0.15, -0.1) is 0 Å². The Morgan fingerprint density at radius 2 is 0.986 bits per heavy atom. The van der Waals surface area contributed by atoms with Crippen molar-refractivity contribution >= 4 is 46.1 Å². The van der Waals surface area contributed by atoms with Crippen LogP contribution < -0.4 is 10.6 Å². The fourth-order valence-electron chi connectivity index (χ4n) is 10.2. The molecule has 4 bridgehead atoms. The smallest absolute Gasteiger partial charge is 0.407 e. The van der Waals surface area contributed by atoms with Gasteiger partial charge in [-0.05, 0) is 106 Å². The number of ether oxygens (including phenoxy) is 2. The number of likely N-dealkylation sites (tertiary alicyclic amines) is 2. The number of hydrogen-bond donors (Lipinski definition) is 4. The number of fused-ring (bicyclic) bond motifs is 2. The van der Waals surface area contributed by atoms with Gasteiger partial charge < -0.3 is 39.9 Å². The standard InChI is InChI=1S/C54H56F4N8O6/c1-27(2)45(63-53(69)71-5)51(67)65-25-35(47(55)56)23-43(65)49-59-39-17-15-33(21-41(39)61-49)37-19-29-7-11-31(37)13-9-30-8-12-32(14-10-29)38(20-30)34-16-18-40-42(22-34)62-50(60-40)44-24-36(48(57)58)26-66(44)52(68)46(28(3)4)64-54(70)72-6/h7-8,11-12,15-22,27-28,43-46H,9-10,13-14,23-26H2,1-6H3,(H,59,61)(H,60,62)(H,63,69)(H,64,70)/t43-,44-,45-,46-/m0/s1. The number of rotatable bonds is 10. The lowest BCUT2D eigenvalue weighted by atomic mass is 9.87. The molecule has 2 saturated heterocycles. The number of aromatic nitrogens is 4. The Kier molecular flexibility index (Phi) is 14.0. The van der Waals surface area contributed by atoms with Crippen LogP contribution >= 0.6 is 0 Å². The molecule has 6 aromatic rings. The topological polar surface area (TPSA) is 175 Å². The molecule has 72 heavy (non-hydrogen) atoms. The van der Waals surface area contributed by atoms with Gasteiger partial charge in [0.25, 0.3) is 12.2 Å². The van der Waals surface area contributed by atoms with Crippen molar-refractivity contribution in [1.82, 2.24) is 40.4 Å². The van der Waals surface area contributed by atoms with Crippen LogP contribution in [0.4, 0.5) is 27.2 Å². The maximum Gasteiger partial charge on any atom is 0.407 e. The van der Waals surface area contributed by atoms with Crippen LogP contribution in [0.1, 0.15) is 86.5 Å². The predicted octanol–water partition coefficient (Wildman–Crippen LogP) is 10.3. The predicted molar refractivity (Wildman–Crippen MR) is 263 cm³/mol. The zero-order valence-electron chi connectivity index (χ0n) is 40.8. The summed E-state index contributed by atoms with van der Waals surface area (Å²) < 4.78 is 65.9. The number of alkyl carbamates (subject to hydrolysis) is 2. The molecule has 4 heterocycles. The molecule has 18 heteroatoms. The highest BCUT2D eigenvalue weighted by Gasteiger charge is 2.42. The Hall–Kier alpha value is -7.50. The highest BCUT2D eigenvalue weighted by atomic mass is 19.3. The molecule has 376 valence electrons. The van der Waals surface area contributed by atoms with Crippen molar-refractivity contribution in [2.75, 3.05) is 27.3 Å². The summed E-state index contributed by atoms with van der Waals surface area (Å²) in [5.74, 6) is -0.974. The third kappa shape index (κ3) is 9.90. The summed E-state index contributed by atoms with van der Waals surface area (Å²) in [6, 6.07) is 21.3. The zero-order valence-corrected chi connectivity index (χ0v) is 40.8. The second-order valence-corrected chi connectivity index (χ2v) is 19.5. The summed E-state index contributed by atoms with van der Waals surface area (Å²) in [4.78, 5) is 71.2. The van der Waals surface area contributed by atoms with E-state index in [1.807, 2.05) is 36.4 Å². The molecule has 4 aromatic carbocycles. The molecule has 2 aliphatic heterocycles. The Morgan fingerprint density at radius 1 is 0.583 bits per heavy atom. The van der Waals surface area contributed by atoms with Crippen molar-refractivity contribution in [2.24, 2.45) is 11.8 Å². The van der Waals surface area contributed by atoms with Crippen LogP contribution in [0.5, 0.6) is 0 Å². The van der Waals surface area contributed by atoms with E-state index in [1.54, 1.807) is 27.7 Å². The second kappa shape index (κ2) is 20.3. The number of hydrogen-bond acceptors (Lipinski definition) is 8. The Morgan fingerprint density at radius 3 is 1.35 bits per heavy atom. The number of halogens is 4. The summed E-state index contributed by atoms with van der Waals surface area (Å²) in [7, 11) is 2.39. The monoisotopic (exact) mass is 988 g/mol. The van der Waals surface area contributed by atoms with E-state index in [-0.39, 0.29) is 48.9 Å². The van der Waals surface area contributed by atoms with Crippen molar-refractivity contribution in [3.63, 3.8) is 0 Å². The second-order valence-electron chi connectivity index (χ2n) is 19.5. The lowest BCUT2D eigenvalue weighted by Gasteiger charge is -2.29. The molecule has 0 spiro atoms. The number of H-pyrrole nitrogens is 2. The van der Waals surface area contributed by atoms with Gasteiger partial charge in [-0.2, -0.15) is 17.6 Å². The first-order valence-electron chi connectivity index (χ1n) is 24.1. The highest BCUT2D eigenvalue weighted by molar-refractivity contribution is 5.89. The summed E-state index contributed by atoms with van der Waals surface area (Å²) >= 11 is 0. The van der Waals surface area contributed by atoms with Crippen LogP contribution in [-0.4, -0.2) is 93.1 Å². The first-order valence-corrected chi connectivity index (χ1v) is 24.1. The summed E-state index contributed by atoms with van der Waals surface area (Å²) in [5, 5.41) is 5.13. The van der Waals surface area contributed by atoms with E-state index in [0.717, 1.165) is 70.2 Å². The third-order valence-electron chi connectivity index (χ3n) is 14.2. The van der Waals surface area contributed by atoms with Gasteiger partial charge in [0.2, 0.25) is 11.8 Å². The fraction of sp³-hybridized carbons (Fsp3) is 0.370. The van der Waals surface area contributed by atoms with Crippen molar-refractivity contribution in [2.45, 2.75) is 90.4 Å². The van der Waals surface area contributed by atoms with E-state index >= 15 is 0 Å². The number of aromatic amines is 2. The van der Waals surface area contributed by atoms with Crippen LogP contribution in [-0.2, 0) is 44.7 Å². The molecule has 12 rings (SSSR count). The molecule has 4 N–H and O–H groups in total. The minimum absolute atomic E-state index is 0.108. The molecule has 2 aromatic heterocycles. The van der Waals surface area contributed by atoms with Gasteiger partial charge in [0.05, 0.1) is 48.4 Å². The number of nitrogens with zero attached hydrogens (tertiary/aromatic N) is 4. The van der Waals surface area contributed by atoms with Crippen LogP contribution in [0, 0.1) is 11.8 Å². The van der Waals surface area contributed by atoms with Gasteiger partial charge in [-0.3, -0.25) is 9.59 Å². The fourth-order valence-corrected chi connectivity index (χ4v) is 10.2. The van der Waals surface area contributed by atoms with Crippen LogP contribution in [0.2, 0.25) is 0 Å². The molecule has 14 nitrogen and oxygen atoms in total. The average Bonchev–Trinajstić information content (AvgIpc) is 4.19. The summed E-state index contributed by atoms with van der Waals surface area (Å²) in [5.41, 5.74) is 10.8. The largest absolute Gasteiger partial charge is 0.453 e. The highest BCUT2D eigenvalue weighted by Crippen LogP contribution is 2.41. The number of amides is 4. The molecular weight excluding hydrogens is 933 g/mol. The van der Waals surface area contributed by atoms with Gasteiger partial charge in [0.15, 0.2) is 0 Å². The molecule has 0 radical (unpaired) electrons. The van der Waals surface area contributed by atoms with Crippen molar-refractivity contribution in [3.05, 3.63) is 130 Å². The molecule has 4 atom stereocenters. The first-order chi connectivity index (χ1) is 34.5. The summed E-state index contributed by atoms with van der Waals surface area (Å²) in [6.45, 7) is 6.44. The molecule has 4 aliphatic carbocycles. The minimum atomic E-state index is -1.84. The van der Waals surface area contributed by atoms with Crippen molar-refractivity contribution in [1.29, 1.82) is 0 Å². The first kappa shape index (κ1) is 49.5. The Labute approximate surface area is 413 Å². The van der Waals surface area contributed by atoms with E-state index in [0.29, 0.717) is 33.7 Å². The molecule has 0 unspecified atom stereocenters. The van der Waals surface area contributed by atoms with Crippen LogP contribution in [0.15, 0.2) is 96.1 Å². The molecule has 4 amide bonds. The number of benzene rings is 4. The normalized spacial score (nSPS) is 17.7. The number of imidazole rings is 2.